The molecule has 138 valence electrons. The molecular formula is C17H31IN4O2. The van der Waals surface area contributed by atoms with Crippen molar-refractivity contribution in [2.75, 3.05) is 33.7 Å². The number of likely N-dealkylation sites (tertiary alicyclic amines) is 1. The summed E-state index contributed by atoms with van der Waals surface area (Å²) in [5, 5.41) is 3.22. The number of unbranched alkanes of at least 4 members (excludes halogenated alkanes) is 3. The summed E-state index contributed by atoms with van der Waals surface area (Å²) in [6.45, 7) is 5.59. The third-order valence-corrected chi connectivity index (χ3v) is 3.98. The maximum Gasteiger partial charge on any atom is 0.229 e. The monoisotopic (exact) mass is 450 g/mol. The Kier molecular flexibility index (Phi) is 12.6. The van der Waals surface area contributed by atoms with Crippen molar-refractivity contribution >= 4 is 41.8 Å². The van der Waals surface area contributed by atoms with Gasteiger partial charge in [-0.25, -0.2) is 0 Å². The van der Waals surface area contributed by atoms with E-state index in [1.54, 1.807) is 7.05 Å². The predicted octanol–water partition coefficient (Wildman–Crippen LogP) is 2.40. The van der Waals surface area contributed by atoms with E-state index in [2.05, 4.69) is 21.8 Å². The van der Waals surface area contributed by atoms with E-state index in [4.69, 9.17) is 0 Å². The SMILES string of the molecule is C=CCCCCCN(C)C(=NC)NCCN1C(=O)CCCC1=O.I. The molecule has 7 heteroatoms. The van der Waals surface area contributed by atoms with Gasteiger partial charge in [0.1, 0.15) is 0 Å². The summed E-state index contributed by atoms with van der Waals surface area (Å²) in [7, 11) is 3.74. The molecule has 0 bridgehead atoms. The van der Waals surface area contributed by atoms with Crippen molar-refractivity contribution in [2.45, 2.75) is 44.9 Å². The lowest BCUT2D eigenvalue weighted by Gasteiger charge is -2.26. The fraction of sp³-hybridized carbons (Fsp3) is 0.706. The van der Waals surface area contributed by atoms with Crippen LogP contribution in [0.2, 0.25) is 0 Å². The molecule has 1 aliphatic rings. The second-order valence-electron chi connectivity index (χ2n) is 5.83. The van der Waals surface area contributed by atoms with E-state index in [1.807, 2.05) is 13.1 Å². The molecule has 24 heavy (non-hydrogen) atoms. The van der Waals surface area contributed by atoms with Crippen LogP contribution in [0.3, 0.4) is 0 Å². The van der Waals surface area contributed by atoms with Crippen molar-refractivity contribution in [3.63, 3.8) is 0 Å². The topological polar surface area (TPSA) is 65.0 Å². The number of carbonyl (C=O) groups excluding carboxylic acids is 2. The molecular weight excluding hydrogens is 419 g/mol. The van der Waals surface area contributed by atoms with Gasteiger partial charge in [0.05, 0.1) is 0 Å². The molecule has 0 aromatic heterocycles. The van der Waals surface area contributed by atoms with Crippen molar-refractivity contribution in [3.05, 3.63) is 12.7 Å². The van der Waals surface area contributed by atoms with Gasteiger partial charge in [0.15, 0.2) is 5.96 Å². The zero-order chi connectivity index (χ0) is 17.1. The van der Waals surface area contributed by atoms with Crippen molar-refractivity contribution in [2.24, 2.45) is 4.99 Å². The molecule has 0 aromatic carbocycles. The fourth-order valence-electron chi connectivity index (χ4n) is 2.63. The Morgan fingerprint density at radius 3 is 2.54 bits per heavy atom. The van der Waals surface area contributed by atoms with Crippen LogP contribution in [-0.4, -0.2) is 61.3 Å². The number of nitrogens with one attached hydrogen (secondary N) is 1. The summed E-state index contributed by atoms with van der Waals surface area (Å²) in [4.78, 5) is 31.2. The average molecular weight is 450 g/mol. The van der Waals surface area contributed by atoms with Gasteiger partial charge in [0.25, 0.3) is 0 Å². The van der Waals surface area contributed by atoms with Crippen molar-refractivity contribution in [3.8, 4) is 0 Å². The summed E-state index contributed by atoms with van der Waals surface area (Å²) in [5.74, 6) is 0.674. The minimum atomic E-state index is -0.0615. The molecule has 0 saturated carbocycles. The largest absolute Gasteiger partial charge is 0.354 e. The number of guanidine groups is 1. The highest BCUT2D eigenvalue weighted by Gasteiger charge is 2.25. The van der Waals surface area contributed by atoms with Gasteiger partial charge in [-0.05, 0) is 25.7 Å². The molecule has 1 aliphatic heterocycles. The number of aliphatic imine (C=N–C) groups is 1. The molecule has 1 N–H and O–H groups in total. The number of halogens is 1. The Balaban J connectivity index is 0.00000529. The number of carbonyl (C=O) groups is 2. The molecule has 6 nitrogen and oxygen atoms in total. The molecule has 0 aliphatic carbocycles. The van der Waals surface area contributed by atoms with Crippen molar-refractivity contribution in [1.82, 2.24) is 15.1 Å². The highest BCUT2D eigenvalue weighted by Crippen LogP contribution is 2.11. The van der Waals surface area contributed by atoms with Crippen LogP contribution in [0.5, 0.6) is 0 Å². The zero-order valence-corrected chi connectivity index (χ0v) is 17.3. The van der Waals surface area contributed by atoms with Crippen LogP contribution in [0.4, 0.5) is 0 Å². The number of piperidine rings is 1. The number of hydrogen-bond donors (Lipinski definition) is 1. The van der Waals surface area contributed by atoms with Crippen LogP contribution < -0.4 is 5.32 Å². The van der Waals surface area contributed by atoms with E-state index in [-0.39, 0.29) is 35.8 Å². The normalized spacial score (nSPS) is 15.1. The number of amides is 2. The van der Waals surface area contributed by atoms with Gasteiger partial charge in [-0.2, -0.15) is 0 Å². The minimum Gasteiger partial charge on any atom is -0.354 e. The van der Waals surface area contributed by atoms with Crippen LogP contribution in [0.1, 0.15) is 44.9 Å². The van der Waals surface area contributed by atoms with E-state index in [0.29, 0.717) is 32.4 Å². The van der Waals surface area contributed by atoms with Crippen LogP contribution in [-0.2, 0) is 9.59 Å². The van der Waals surface area contributed by atoms with Crippen LogP contribution in [0.25, 0.3) is 0 Å². The van der Waals surface area contributed by atoms with Crippen molar-refractivity contribution < 1.29 is 9.59 Å². The number of nitrogens with zero attached hydrogens (tertiary/aromatic N) is 3. The third-order valence-electron chi connectivity index (χ3n) is 3.98. The first kappa shape index (κ1) is 22.9. The molecule has 0 spiro atoms. The molecule has 0 radical (unpaired) electrons. The van der Waals surface area contributed by atoms with Gasteiger partial charge >= 0.3 is 0 Å². The fourth-order valence-corrected chi connectivity index (χ4v) is 2.63. The Bertz CT molecular complexity index is 424. The molecule has 2 amide bonds. The standard InChI is InChI=1S/C17H30N4O2.HI/c1-4-5-6-7-8-13-20(3)17(18-2)19-12-14-21-15(22)10-9-11-16(21)23;/h4H,1,5-14H2,2-3H3,(H,18,19);1H. The van der Waals surface area contributed by atoms with Gasteiger partial charge < -0.3 is 10.2 Å². The minimum absolute atomic E-state index is 0. The second kappa shape index (κ2) is 13.2. The first-order valence-electron chi connectivity index (χ1n) is 8.46. The molecule has 1 heterocycles. The lowest BCUT2D eigenvalue weighted by molar-refractivity contribution is -0.147. The van der Waals surface area contributed by atoms with Crippen molar-refractivity contribution in [1.29, 1.82) is 0 Å². The zero-order valence-electron chi connectivity index (χ0n) is 14.9. The number of hydrogen-bond acceptors (Lipinski definition) is 3. The Morgan fingerprint density at radius 2 is 1.96 bits per heavy atom. The van der Waals surface area contributed by atoms with Crippen LogP contribution in [0, 0.1) is 0 Å². The summed E-state index contributed by atoms with van der Waals surface area (Å²) in [5.41, 5.74) is 0. The van der Waals surface area contributed by atoms with Gasteiger partial charge in [0.2, 0.25) is 11.8 Å². The summed E-state index contributed by atoms with van der Waals surface area (Å²) >= 11 is 0. The summed E-state index contributed by atoms with van der Waals surface area (Å²) in [6, 6.07) is 0. The van der Waals surface area contributed by atoms with E-state index in [0.717, 1.165) is 25.3 Å². The first-order chi connectivity index (χ1) is 11.1. The average Bonchev–Trinajstić information content (AvgIpc) is 2.53. The maximum absolute atomic E-state index is 11.7. The summed E-state index contributed by atoms with van der Waals surface area (Å²) < 4.78 is 0. The summed E-state index contributed by atoms with van der Waals surface area (Å²) in [6.07, 6.45) is 8.09. The number of allylic oxidation sites excluding steroid dienone is 1. The molecule has 0 unspecified atom stereocenters. The Hall–Kier alpha value is -1.12. The van der Waals surface area contributed by atoms with Crippen LogP contribution >= 0.6 is 24.0 Å². The molecule has 1 rings (SSSR count). The maximum atomic E-state index is 11.7. The predicted molar refractivity (Wildman–Crippen MR) is 109 cm³/mol. The van der Waals surface area contributed by atoms with E-state index in [9.17, 15) is 9.59 Å². The van der Waals surface area contributed by atoms with Crippen LogP contribution in [0.15, 0.2) is 17.6 Å². The lowest BCUT2D eigenvalue weighted by atomic mass is 10.1. The van der Waals surface area contributed by atoms with Gasteiger partial charge in [-0.15, -0.1) is 30.6 Å². The smallest absolute Gasteiger partial charge is 0.229 e. The second-order valence-corrected chi connectivity index (χ2v) is 5.83. The van der Waals surface area contributed by atoms with Gasteiger partial charge in [0, 0.05) is 46.6 Å². The highest BCUT2D eigenvalue weighted by molar-refractivity contribution is 14.0. The Morgan fingerprint density at radius 1 is 1.29 bits per heavy atom. The quantitative estimate of drug-likeness (QED) is 0.146. The highest BCUT2D eigenvalue weighted by atomic mass is 127. The van der Waals surface area contributed by atoms with E-state index in [1.165, 1.54) is 17.7 Å². The van der Waals surface area contributed by atoms with Gasteiger partial charge in [-0.1, -0.05) is 12.5 Å². The number of rotatable bonds is 9. The molecule has 1 saturated heterocycles. The Labute approximate surface area is 162 Å². The lowest BCUT2D eigenvalue weighted by Crippen LogP contribution is -2.47. The van der Waals surface area contributed by atoms with Gasteiger partial charge in [-0.3, -0.25) is 19.5 Å². The first-order valence-corrected chi connectivity index (χ1v) is 8.46. The molecule has 0 aromatic rings. The third kappa shape index (κ3) is 8.12. The molecule has 0 atom stereocenters. The van der Waals surface area contributed by atoms with E-state index >= 15 is 0 Å². The number of imide groups is 1. The molecule has 1 fully saturated rings. The van der Waals surface area contributed by atoms with E-state index < -0.39 is 0 Å².